The van der Waals surface area contributed by atoms with Gasteiger partial charge in [0.2, 0.25) is 0 Å². The maximum Gasteiger partial charge on any atom is 0.420 e. The molecule has 0 saturated heterocycles. The Hall–Kier alpha value is -1.68. The van der Waals surface area contributed by atoms with E-state index in [0.29, 0.717) is 16.4 Å². The number of benzene rings is 1. The number of carbonyl (C=O) groups excluding carboxylic acids is 1. The van der Waals surface area contributed by atoms with Crippen LogP contribution in [0.1, 0.15) is 20.8 Å². The number of hydrogen-bond acceptors (Lipinski definition) is 3. The normalized spacial score (nSPS) is 11.6. The summed E-state index contributed by atoms with van der Waals surface area (Å²) in [6.45, 7) is 5.42. The van der Waals surface area contributed by atoms with Crippen molar-refractivity contribution in [1.29, 1.82) is 0 Å². The predicted molar refractivity (Wildman–Crippen MR) is 75.1 cm³/mol. The fraction of sp³-hybridized carbons (Fsp3) is 0.357. The summed E-state index contributed by atoms with van der Waals surface area (Å²) in [5.74, 6) is 0.579. The molecule has 0 radical (unpaired) electrons. The van der Waals surface area contributed by atoms with Crippen LogP contribution in [-0.4, -0.2) is 23.4 Å². The lowest BCUT2D eigenvalue weighted by molar-refractivity contribution is 0.0544. The van der Waals surface area contributed by atoms with Gasteiger partial charge in [-0.05, 0) is 32.9 Å². The van der Waals surface area contributed by atoms with Gasteiger partial charge in [-0.1, -0.05) is 23.7 Å². The summed E-state index contributed by atoms with van der Waals surface area (Å²) in [5.41, 5.74) is 0.0307. The molecule has 0 aliphatic heterocycles. The zero-order valence-corrected chi connectivity index (χ0v) is 12.1. The minimum Gasteiger partial charge on any atom is -0.495 e. The molecule has 0 amide bonds. The van der Waals surface area contributed by atoms with Gasteiger partial charge in [0.05, 0.1) is 7.11 Å². The van der Waals surface area contributed by atoms with Crippen molar-refractivity contribution in [3.63, 3.8) is 0 Å². The van der Waals surface area contributed by atoms with Crippen LogP contribution in [0.3, 0.4) is 0 Å². The summed E-state index contributed by atoms with van der Waals surface area (Å²) in [6.07, 6.45) is -0.517. The molecule has 0 saturated carbocycles. The number of ether oxygens (including phenoxy) is 2. The van der Waals surface area contributed by atoms with E-state index >= 15 is 0 Å². The SMILES string of the molecule is COc1cccc2cc(Cl)n(C(=O)OC(C)(C)C)c12. The molecule has 0 N–H and O–H groups in total. The lowest BCUT2D eigenvalue weighted by Crippen LogP contribution is -2.27. The first-order valence-corrected chi connectivity index (χ1v) is 6.28. The van der Waals surface area contributed by atoms with E-state index in [0.717, 1.165) is 5.39 Å². The molecule has 0 unspecified atom stereocenters. The number of halogens is 1. The van der Waals surface area contributed by atoms with E-state index in [1.807, 2.05) is 32.9 Å². The van der Waals surface area contributed by atoms with Crippen LogP contribution in [0.2, 0.25) is 5.15 Å². The van der Waals surface area contributed by atoms with E-state index in [2.05, 4.69) is 0 Å². The predicted octanol–water partition coefficient (Wildman–Crippen LogP) is 4.09. The summed E-state index contributed by atoms with van der Waals surface area (Å²) in [5, 5.41) is 1.13. The zero-order chi connectivity index (χ0) is 14.2. The summed E-state index contributed by atoms with van der Waals surface area (Å²) in [6, 6.07) is 7.20. The van der Waals surface area contributed by atoms with Crippen LogP contribution in [-0.2, 0) is 4.74 Å². The van der Waals surface area contributed by atoms with Crippen molar-refractivity contribution in [3.8, 4) is 5.75 Å². The van der Waals surface area contributed by atoms with Gasteiger partial charge in [0.15, 0.2) is 0 Å². The Morgan fingerprint density at radius 2 is 2.00 bits per heavy atom. The number of rotatable bonds is 1. The van der Waals surface area contributed by atoms with Gasteiger partial charge >= 0.3 is 6.09 Å². The first-order chi connectivity index (χ1) is 8.83. The van der Waals surface area contributed by atoms with Crippen molar-refractivity contribution in [3.05, 3.63) is 29.4 Å². The lowest BCUT2D eigenvalue weighted by atomic mass is 10.2. The molecule has 5 heteroatoms. The molecule has 0 aliphatic rings. The van der Waals surface area contributed by atoms with E-state index in [-0.39, 0.29) is 0 Å². The molecule has 1 heterocycles. The number of carbonyl (C=O) groups is 1. The van der Waals surface area contributed by atoms with Crippen molar-refractivity contribution in [2.24, 2.45) is 0 Å². The lowest BCUT2D eigenvalue weighted by Gasteiger charge is -2.20. The minimum atomic E-state index is -0.584. The Bertz CT molecular complexity index is 625. The Morgan fingerprint density at radius 1 is 1.32 bits per heavy atom. The highest BCUT2D eigenvalue weighted by Gasteiger charge is 2.23. The summed E-state index contributed by atoms with van der Waals surface area (Å²) < 4.78 is 11.9. The molecule has 102 valence electrons. The summed E-state index contributed by atoms with van der Waals surface area (Å²) in [7, 11) is 1.55. The molecule has 0 atom stereocenters. The van der Waals surface area contributed by atoms with E-state index < -0.39 is 11.7 Å². The molecule has 0 spiro atoms. The van der Waals surface area contributed by atoms with Crippen LogP contribution in [0.25, 0.3) is 10.9 Å². The molecule has 19 heavy (non-hydrogen) atoms. The van der Waals surface area contributed by atoms with Crippen molar-refractivity contribution in [2.45, 2.75) is 26.4 Å². The van der Waals surface area contributed by atoms with Crippen LogP contribution in [0, 0.1) is 0 Å². The number of para-hydroxylation sites is 1. The highest BCUT2D eigenvalue weighted by atomic mass is 35.5. The van der Waals surface area contributed by atoms with Crippen molar-refractivity contribution in [2.75, 3.05) is 7.11 Å². The zero-order valence-electron chi connectivity index (χ0n) is 11.4. The van der Waals surface area contributed by atoms with Gasteiger partial charge in [0, 0.05) is 5.39 Å². The van der Waals surface area contributed by atoms with Gasteiger partial charge < -0.3 is 9.47 Å². The highest BCUT2D eigenvalue weighted by Crippen LogP contribution is 2.31. The van der Waals surface area contributed by atoms with E-state index in [1.54, 1.807) is 19.2 Å². The molecule has 4 nitrogen and oxygen atoms in total. The minimum absolute atomic E-state index is 0.300. The van der Waals surface area contributed by atoms with Crippen molar-refractivity contribution >= 4 is 28.6 Å². The second kappa shape index (κ2) is 4.78. The van der Waals surface area contributed by atoms with Crippen molar-refractivity contribution < 1.29 is 14.3 Å². The van der Waals surface area contributed by atoms with Crippen LogP contribution in [0.15, 0.2) is 24.3 Å². The molecule has 2 aromatic rings. The van der Waals surface area contributed by atoms with Gasteiger partial charge in [0.25, 0.3) is 0 Å². The highest BCUT2D eigenvalue weighted by molar-refractivity contribution is 6.32. The second-order valence-electron chi connectivity index (χ2n) is 5.18. The largest absolute Gasteiger partial charge is 0.495 e. The van der Waals surface area contributed by atoms with Crippen LogP contribution >= 0.6 is 11.6 Å². The van der Waals surface area contributed by atoms with Gasteiger partial charge in [0.1, 0.15) is 22.0 Å². The molecule has 2 rings (SSSR count). The fourth-order valence-electron chi connectivity index (χ4n) is 1.85. The number of aromatic nitrogens is 1. The monoisotopic (exact) mass is 281 g/mol. The smallest absolute Gasteiger partial charge is 0.420 e. The number of methoxy groups -OCH3 is 1. The standard InChI is InChI=1S/C14H16ClNO3/c1-14(2,3)19-13(17)16-11(15)8-9-6-5-7-10(18-4)12(9)16/h5-8H,1-4H3. The van der Waals surface area contributed by atoms with E-state index in [1.165, 1.54) is 4.57 Å². The van der Waals surface area contributed by atoms with Crippen molar-refractivity contribution in [1.82, 2.24) is 4.57 Å². The average molecular weight is 282 g/mol. The topological polar surface area (TPSA) is 40.5 Å². The maximum atomic E-state index is 12.2. The third kappa shape index (κ3) is 2.68. The van der Waals surface area contributed by atoms with E-state index in [9.17, 15) is 4.79 Å². The summed E-state index contributed by atoms with van der Waals surface area (Å²) >= 11 is 6.13. The first-order valence-electron chi connectivity index (χ1n) is 5.91. The molecule has 0 bridgehead atoms. The Kier molecular flexibility index (Phi) is 3.45. The average Bonchev–Trinajstić information content (AvgIpc) is 2.62. The molecule has 1 aromatic heterocycles. The Balaban J connectivity index is 2.59. The number of nitrogens with zero attached hydrogens (tertiary/aromatic N) is 1. The van der Waals surface area contributed by atoms with Gasteiger partial charge in [-0.3, -0.25) is 0 Å². The molecule has 0 aliphatic carbocycles. The third-order valence-electron chi connectivity index (χ3n) is 2.54. The molecule has 1 aromatic carbocycles. The first kappa shape index (κ1) is 13.7. The molecular formula is C14H16ClNO3. The molecular weight excluding hydrogens is 266 g/mol. The third-order valence-corrected chi connectivity index (χ3v) is 2.82. The molecule has 0 fully saturated rings. The summed E-state index contributed by atoms with van der Waals surface area (Å²) in [4.78, 5) is 12.2. The van der Waals surface area contributed by atoms with Gasteiger partial charge in [-0.15, -0.1) is 0 Å². The van der Waals surface area contributed by atoms with E-state index in [4.69, 9.17) is 21.1 Å². The van der Waals surface area contributed by atoms with Gasteiger partial charge in [-0.2, -0.15) is 0 Å². The maximum absolute atomic E-state index is 12.2. The van der Waals surface area contributed by atoms with Crippen LogP contribution in [0.4, 0.5) is 4.79 Å². The Morgan fingerprint density at radius 3 is 2.58 bits per heavy atom. The number of hydrogen-bond donors (Lipinski definition) is 0. The van der Waals surface area contributed by atoms with Crippen LogP contribution in [0.5, 0.6) is 5.75 Å². The quantitative estimate of drug-likeness (QED) is 0.790. The number of fused-ring (bicyclic) bond motifs is 1. The second-order valence-corrected chi connectivity index (χ2v) is 5.57. The fourth-order valence-corrected chi connectivity index (χ4v) is 2.12. The Labute approximate surface area is 116 Å². The van der Waals surface area contributed by atoms with Crippen LogP contribution < -0.4 is 4.74 Å². The van der Waals surface area contributed by atoms with Gasteiger partial charge in [-0.25, -0.2) is 9.36 Å².